The van der Waals surface area contributed by atoms with Crippen molar-refractivity contribution in [1.82, 2.24) is 19.1 Å². The molecular formula is C58H38N4. The Balaban J connectivity index is 0.923. The van der Waals surface area contributed by atoms with Crippen LogP contribution in [0.25, 0.3) is 111 Å². The van der Waals surface area contributed by atoms with Crippen LogP contribution in [0.15, 0.2) is 231 Å². The van der Waals surface area contributed by atoms with Gasteiger partial charge in [0.1, 0.15) is 0 Å². The van der Waals surface area contributed by atoms with Gasteiger partial charge >= 0.3 is 0 Å². The van der Waals surface area contributed by atoms with E-state index in [-0.39, 0.29) is 0 Å². The van der Waals surface area contributed by atoms with E-state index in [0.29, 0.717) is 5.95 Å². The van der Waals surface area contributed by atoms with Crippen LogP contribution >= 0.6 is 0 Å². The molecule has 290 valence electrons. The van der Waals surface area contributed by atoms with E-state index in [2.05, 4.69) is 228 Å². The molecule has 0 saturated heterocycles. The lowest BCUT2D eigenvalue weighted by Gasteiger charge is -2.10. The zero-order valence-corrected chi connectivity index (χ0v) is 33.7. The van der Waals surface area contributed by atoms with Gasteiger partial charge in [-0.25, -0.2) is 9.97 Å². The average Bonchev–Trinajstić information content (AvgIpc) is 3.86. The molecule has 0 aliphatic carbocycles. The lowest BCUT2D eigenvalue weighted by atomic mass is 9.97. The van der Waals surface area contributed by atoms with Gasteiger partial charge in [0.15, 0.2) is 0 Å². The number of aromatic nitrogens is 4. The van der Waals surface area contributed by atoms with E-state index in [4.69, 9.17) is 9.97 Å². The zero-order valence-electron chi connectivity index (χ0n) is 33.7. The molecule has 62 heavy (non-hydrogen) atoms. The van der Waals surface area contributed by atoms with Crippen molar-refractivity contribution in [2.75, 3.05) is 0 Å². The Morgan fingerprint density at radius 3 is 1.29 bits per heavy atom. The fraction of sp³-hybridized carbons (Fsp3) is 0. The van der Waals surface area contributed by atoms with Crippen molar-refractivity contribution in [1.29, 1.82) is 0 Å². The third kappa shape index (κ3) is 6.08. The first-order chi connectivity index (χ1) is 30.7. The smallest absolute Gasteiger partial charge is 0.234 e. The van der Waals surface area contributed by atoms with E-state index in [1.54, 1.807) is 0 Å². The Labute approximate surface area is 359 Å². The maximum Gasteiger partial charge on any atom is 0.234 e. The van der Waals surface area contributed by atoms with Crippen molar-refractivity contribution in [3.63, 3.8) is 0 Å². The number of benzene rings is 9. The van der Waals surface area contributed by atoms with Gasteiger partial charge in [-0.2, -0.15) is 0 Å². The standard InChI is InChI=1S/C58H38N4/c1-4-14-39(15-5-1)41-18-12-19-42(32-41)43-20-13-21-44(33-43)48-37-59-58(60-38-48)62-54-25-11-10-24-50(54)52-35-46(28-31-56(52)62)47-26-29-51-53-34-45(40-16-6-2-7-17-40)27-30-55(53)61(57(51)36-47)49-22-8-3-9-23-49/h1-38H. The number of nitrogens with zero attached hydrogens (tertiary/aromatic N) is 4. The van der Waals surface area contributed by atoms with Gasteiger partial charge in [0, 0.05) is 45.2 Å². The van der Waals surface area contributed by atoms with Gasteiger partial charge < -0.3 is 4.57 Å². The van der Waals surface area contributed by atoms with Crippen LogP contribution in [0.3, 0.4) is 0 Å². The van der Waals surface area contributed by atoms with Crippen LogP contribution in [0.1, 0.15) is 0 Å². The van der Waals surface area contributed by atoms with Gasteiger partial charge in [0.05, 0.1) is 22.1 Å². The van der Waals surface area contributed by atoms with Crippen LogP contribution in [0.2, 0.25) is 0 Å². The van der Waals surface area contributed by atoms with Crippen LogP contribution in [0, 0.1) is 0 Å². The largest absolute Gasteiger partial charge is 0.309 e. The second-order valence-electron chi connectivity index (χ2n) is 15.9. The van der Waals surface area contributed by atoms with Gasteiger partial charge in [-0.3, -0.25) is 4.57 Å². The summed E-state index contributed by atoms with van der Waals surface area (Å²) in [5.74, 6) is 0.642. The fourth-order valence-corrected chi connectivity index (χ4v) is 9.21. The SMILES string of the molecule is c1ccc(-c2cccc(-c3cccc(-c4cnc(-n5c6ccccc6c6cc(-c7ccc8c9cc(-c%10ccccc%10)ccc9n(-c9ccccc9)c8c7)ccc65)nc4)c3)c2)cc1. The molecule has 4 nitrogen and oxygen atoms in total. The minimum Gasteiger partial charge on any atom is -0.309 e. The molecule has 0 fully saturated rings. The molecule has 9 aromatic carbocycles. The maximum absolute atomic E-state index is 5.00. The molecule has 0 amide bonds. The molecule has 12 rings (SSSR count). The zero-order chi connectivity index (χ0) is 41.0. The number of rotatable bonds is 7. The second-order valence-corrected chi connectivity index (χ2v) is 15.9. The highest BCUT2D eigenvalue weighted by Crippen LogP contribution is 2.39. The molecule has 0 N–H and O–H groups in total. The summed E-state index contributed by atoms with van der Waals surface area (Å²) in [6, 6.07) is 78.3. The van der Waals surface area contributed by atoms with Gasteiger partial charge in [0.25, 0.3) is 0 Å². The first-order valence-electron chi connectivity index (χ1n) is 21.0. The molecule has 0 radical (unpaired) electrons. The van der Waals surface area contributed by atoms with Crippen LogP contribution in [0.5, 0.6) is 0 Å². The Hall–Kier alpha value is -8.34. The highest BCUT2D eigenvalue weighted by Gasteiger charge is 2.18. The minimum atomic E-state index is 0.642. The highest BCUT2D eigenvalue weighted by atomic mass is 15.1. The predicted octanol–water partition coefficient (Wildman–Crippen LogP) is 15.0. The van der Waals surface area contributed by atoms with Crippen molar-refractivity contribution < 1.29 is 0 Å². The molecule has 0 unspecified atom stereocenters. The fourth-order valence-electron chi connectivity index (χ4n) is 9.21. The van der Waals surface area contributed by atoms with E-state index >= 15 is 0 Å². The first kappa shape index (κ1) is 35.6. The number of hydrogen-bond donors (Lipinski definition) is 0. The summed E-state index contributed by atoms with van der Waals surface area (Å²) in [5.41, 5.74) is 17.2. The summed E-state index contributed by atoms with van der Waals surface area (Å²) in [5, 5.41) is 4.79. The Morgan fingerprint density at radius 1 is 0.242 bits per heavy atom. The van der Waals surface area contributed by atoms with E-state index in [9.17, 15) is 0 Å². The van der Waals surface area contributed by atoms with Crippen LogP contribution in [-0.4, -0.2) is 19.1 Å². The van der Waals surface area contributed by atoms with Crippen molar-refractivity contribution in [2.24, 2.45) is 0 Å². The molecule has 4 heteroatoms. The average molecular weight is 791 g/mol. The Morgan fingerprint density at radius 2 is 0.661 bits per heavy atom. The number of fused-ring (bicyclic) bond motifs is 6. The molecule has 12 aromatic rings. The van der Waals surface area contributed by atoms with Crippen molar-refractivity contribution in [3.05, 3.63) is 231 Å². The summed E-state index contributed by atoms with van der Waals surface area (Å²) in [6.07, 6.45) is 3.89. The van der Waals surface area contributed by atoms with Gasteiger partial charge in [-0.1, -0.05) is 158 Å². The van der Waals surface area contributed by atoms with E-state index < -0.39 is 0 Å². The van der Waals surface area contributed by atoms with Crippen molar-refractivity contribution in [3.8, 4) is 67.3 Å². The van der Waals surface area contributed by atoms with Crippen molar-refractivity contribution >= 4 is 43.6 Å². The van der Waals surface area contributed by atoms with Gasteiger partial charge in [-0.15, -0.1) is 0 Å². The van der Waals surface area contributed by atoms with Crippen molar-refractivity contribution in [2.45, 2.75) is 0 Å². The molecule has 0 aliphatic rings. The molecule has 3 heterocycles. The van der Waals surface area contributed by atoms with Gasteiger partial charge in [-0.05, 0) is 111 Å². The molecule has 0 spiro atoms. The maximum atomic E-state index is 5.00. The minimum absolute atomic E-state index is 0.642. The summed E-state index contributed by atoms with van der Waals surface area (Å²) < 4.78 is 4.58. The van der Waals surface area contributed by atoms with Crippen LogP contribution < -0.4 is 0 Å². The summed E-state index contributed by atoms with van der Waals surface area (Å²) in [6.45, 7) is 0. The molecule has 0 bridgehead atoms. The number of para-hydroxylation sites is 2. The summed E-state index contributed by atoms with van der Waals surface area (Å²) in [4.78, 5) is 10.0. The predicted molar refractivity (Wildman–Crippen MR) is 258 cm³/mol. The Bertz CT molecular complexity index is 3600. The topological polar surface area (TPSA) is 35.6 Å². The molecule has 0 saturated carbocycles. The van der Waals surface area contributed by atoms with E-state index in [0.717, 1.165) is 55.3 Å². The lowest BCUT2D eigenvalue weighted by Crippen LogP contribution is -2.00. The highest BCUT2D eigenvalue weighted by molar-refractivity contribution is 6.13. The normalized spacial score (nSPS) is 11.5. The molecule has 3 aromatic heterocycles. The lowest BCUT2D eigenvalue weighted by molar-refractivity contribution is 0.990. The molecular weight excluding hydrogens is 753 g/mol. The Kier molecular flexibility index (Phi) is 8.46. The molecule has 0 atom stereocenters. The third-order valence-corrected chi connectivity index (χ3v) is 12.2. The molecule has 0 aliphatic heterocycles. The summed E-state index contributed by atoms with van der Waals surface area (Å²) in [7, 11) is 0. The third-order valence-electron chi connectivity index (χ3n) is 12.2. The van der Waals surface area contributed by atoms with E-state index in [1.165, 1.54) is 49.6 Å². The quantitative estimate of drug-likeness (QED) is 0.161. The first-order valence-corrected chi connectivity index (χ1v) is 21.0. The van der Waals surface area contributed by atoms with E-state index in [1.807, 2.05) is 12.4 Å². The van der Waals surface area contributed by atoms with Crippen LogP contribution in [-0.2, 0) is 0 Å². The van der Waals surface area contributed by atoms with Crippen LogP contribution in [0.4, 0.5) is 0 Å². The summed E-state index contributed by atoms with van der Waals surface area (Å²) >= 11 is 0. The second kappa shape index (κ2) is 14.7. The monoisotopic (exact) mass is 790 g/mol. The van der Waals surface area contributed by atoms with Gasteiger partial charge in [0.2, 0.25) is 5.95 Å². The number of hydrogen-bond acceptors (Lipinski definition) is 2.